The van der Waals surface area contributed by atoms with Crippen molar-refractivity contribution in [3.05, 3.63) is 29.1 Å². The molecule has 0 unspecified atom stereocenters. The van der Waals surface area contributed by atoms with E-state index in [1.165, 1.54) is 6.20 Å². The first kappa shape index (κ1) is 22.2. The van der Waals surface area contributed by atoms with Gasteiger partial charge in [0.25, 0.3) is 0 Å². The number of hydrogen-bond acceptors (Lipinski definition) is 5. The van der Waals surface area contributed by atoms with Crippen molar-refractivity contribution in [3.8, 4) is 0 Å². The molecule has 8 heteroatoms. The fourth-order valence-corrected chi connectivity index (χ4v) is 3.17. The monoisotopic (exact) mass is 401 g/mol. The van der Waals surface area contributed by atoms with E-state index in [4.69, 9.17) is 4.74 Å². The van der Waals surface area contributed by atoms with Gasteiger partial charge in [0, 0.05) is 18.3 Å². The summed E-state index contributed by atoms with van der Waals surface area (Å²) in [5.74, 6) is -0.795. The second kappa shape index (κ2) is 8.92. The Morgan fingerprint density at radius 1 is 1.25 bits per heavy atom. The largest absolute Gasteiger partial charge is 0.466 e. The van der Waals surface area contributed by atoms with E-state index in [2.05, 4.69) is 9.72 Å². The van der Waals surface area contributed by atoms with Crippen molar-refractivity contribution in [1.82, 2.24) is 4.98 Å². The molecule has 0 aromatic carbocycles. The summed E-state index contributed by atoms with van der Waals surface area (Å²) in [6, 6.07) is 1.81. The van der Waals surface area contributed by atoms with Gasteiger partial charge in [-0.25, -0.2) is 0 Å². The van der Waals surface area contributed by atoms with Crippen LogP contribution in [0.4, 0.5) is 13.2 Å². The third-order valence-corrected chi connectivity index (χ3v) is 4.88. The summed E-state index contributed by atoms with van der Waals surface area (Å²) in [6.07, 6.45) is 0.125. The van der Waals surface area contributed by atoms with Crippen LogP contribution in [0.5, 0.6) is 0 Å². The van der Waals surface area contributed by atoms with Gasteiger partial charge in [-0.15, -0.1) is 0 Å². The highest BCUT2D eigenvalue weighted by Gasteiger charge is 2.50. The normalized spacial score (nSPS) is 17.0. The molecule has 156 valence electrons. The van der Waals surface area contributed by atoms with E-state index in [1.807, 2.05) is 6.07 Å². The molecular formula is C20H26F3NO4. The molecule has 0 radical (unpaired) electrons. The van der Waals surface area contributed by atoms with Gasteiger partial charge in [0.15, 0.2) is 0 Å². The maximum atomic E-state index is 12.8. The number of aryl methyl sites for hydroxylation is 1. The molecule has 0 bridgehead atoms. The third-order valence-electron chi connectivity index (χ3n) is 4.88. The van der Waals surface area contributed by atoms with E-state index >= 15 is 0 Å². The minimum absolute atomic E-state index is 0.197. The van der Waals surface area contributed by atoms with Crippen molar-refractivity contribution in [1.29, 1.82) is 0 Å². The number of hydrogen-bond donors (Lipinski definition) is 0. The lowest BCUT2D eigenvalue weighted by molar-refractivity contribution is -0.257. The highest BCUT2D eigenvalue weighted by molar-refractivity contribution is 5.73. The minimum Gasteiger partial charge on any atom is -0.466 e. The summed E-state index contributed by atoms with van der Waals surface area (Å²) in [7, 11) is 0. The lowest BCUT2D eigenvalue weighted by Crippen LogP contribution is -2.43. The molecule has 0 N–H and O–H groups in total. The van der Waals surface area contributed by atoms with Gasteiger partial charge in [0.05, 0.1) is 13.0 Å². The van der Waals surface area contributed by atoms with Crippen LogP contribution in [0.15, 0.2) is 12.3 Å². The number of alkyl halides is 3. The van der Waals surface area contributed by atoms with Crippen molar-refractivity contribution >= 4 is 11.9 Å². The minimum atomic E-state index is -4.63. The molecule has 1 aliphatic rings. The average molecular weight is 401 g/mol. The van der Waals surface area contributed by atoms with E-state index in [0.29, 0.717) is 24.5 Å². The van der Waals surface area contributed by atoms with E-state index in [9.17, 15) is 22.8 Å². The number of aromatic nitrogens is 1. The van der Waals surface area contributed by atoms with Gasteiger partial charge in [0.2, 0.25) is 5.60 Å². The Morgan fingerprint density at radius 3 is 2.61 bits per heavy atom. The summed E-state index contributed by atoms with van der Waals surface area (Å²) < 4.78 is 48.0. The van der Waals surface area contributed by atoms with E-state index < -0.39 is 17.7 Å². The van der Waals surface area contributed by atoms with Gasteiger partial charge >= 0.3 is 18.1 Å². The molecule has 28 heavy (non-hydrogen) atoms. The van der Waals surface area contributed by atoms with Gasteiger partial charge in [0.1, 0.15) is 0 Å². The Balaban J connectivity index is 1.93. The number of nitrogens with zero attached hydrogens (tertiary/aromatic N) is 1. The molecule has 1 heterocycles. The van der Waals surface area contributed by atoms with Gasteiger partial charge in [-0.2, -0.15) is 13.2 Å². The Morgan fingerprint density at radius 2 is 1.96 bits per heavy atom. The molecule has 0 amide bonds. The molecule has 0 fully saturated rings. The molecule has 1 aromatic rings. The second-order valence-corrected chi connectivity index (χ2v) is 7.56. The van der Waals surface area contributed by atoms with Gasteiger partial charge in [-0.3, -0.25) is 14.6 Å². The summed E-state index contributed by atoms with van der Waals surface area (Å²) in [5, 5.41) is 0. The SMILES string of the molecule is CCOC(=O)CC[C@@H]1CCc2cc(CC(=O)OC(C)(C)C(F)(F)F)cnc2C1. The number of esters is 2. The highest BCUT2D eigenvalue weighted by Crippen LogP contribution is 2.33. The molecule has 5 nitrogen and oxygen atoms in total. The number of pyridine rings is 1. The van der Waals surface area contributed by atoms with Gasteiger partial charge in [-0.1, -0.05) is 6.07 Å². The van der Waals surface area contributed by atoms with Gasteiger partial charge in [-0.05, 0) is 63.5 Å². The number of carbonyl (C=O) groups is 2. The third kappa shape index (κ3) is 5.94. The standard InChI is InChI=1S/C20H26F3NO4/c1-4-27-17(25)8-6-13-5-7-15-9-14(12-24-16(15)10-13)11-18(26)28-19(2,3)20(21,22)23/h9,12-13H,4-8,10-11H2,1-3H3/t13-/m0/s1. The van der Waals surface area contributed by atoms with Gasteiger partial charge < -0.3 is 9.47 Å². The first-order chi connectivity index (χ1) is 13.0. The summed E-state index contributed by atoms with van der Waals surface area (Å²) in [6.45, 7) is 3.80. The Hall–Kier alpha value is -2.12. The zero-order chi connectivity index (χ0) is 20.9. The topological polar surface area (TPSA) is 65.5 Å². The van der Waals surface area contributed by atoms with Crippen molar-refractivity contribution in [2.45, 2.75) is 71.1 Å². The lowest BCUT2D eigenvalue weighted by Gasteiger charge is -2.27. The van der Waals surface area contributed by atoms with Crippen molar-refractivity contribution in [2.24, 2.45) is 5.92 Å². The molecular weight excluding hydrogens is 375 g/mol. The number of rotatable bonds is 7. The maximum absolute atomic E-state index is 12.8. The summed E-state index contributed by atoms with van der Waals surface area (Å²) in [5.41, 5.74) is -0.0926. The molecule has 1 aromatic heterocycles. The highest BCUT2D eigenvalue weighted by atomic mass is 19.4. The van der Waals surface area contributed by atoms with Crippen LogP contribution in [0.1, 0.15) is 56.9 Å². The molecule has 2 rings (SSSR count). The van der Waals surface area contributed by atoms with Crippen molar-refractivity contribution < 1.29 is 32.2 Å². The Bertz CT molecular complexity index is 716. The molecule has 0 saturated heterocycles. The predicted octanol–water partition coefficient (Wildman–Crippen LogP) is 3.96. The molecule has 1 aliphatic carbocycles. The van der Waals surface area contributed by atoms with Crippen LogP contribution in [0.2, 0.25) is 0 Å². The summed E-state index contributed by atoms with van der Waals surface area (Å²) >= 11 is 0. The van der Waals surface area contributed by atoms with E-state index in [0.717, 1.165) is 50.8 Å². The number of carbonyl (C=O) groups excluding carboxylic acids is 2. The van der Waals surface area contributed by atoms with Crippen LogP contribution < -0.4 is 0 Å². The fourth-order valence-electron chi connectivity index (χ4n) is 3.17. The van der Waals surface area contributed by atoms with Crippen molar-refractivity contribution in [2.75, 3.05) is 6.61 Å². The Kier molecular flexibility index (Phi) is 7.06. The van der Waals surface area contributed by atoms with Crippen molar-refractivity contribution in [3.63, 3.8) is 0 Å². The molecule has 0 saturated carbocycles. The maximum Gasteiger partial charge on any atom is 0.427 e. The number of ether oxygens (including phenoxy) is 2. The van der Waals surface area contributed by atoms with Crippen LogP contribution in [-0.4, -0.2) is 35.3 Å². The average Bonchev–Trinajstić information content (AvgIpc) is 2.58. The zero-order valence-electron chi connectivity index (χ0n) is 16.4. The number of fused-ring (bicyclic) bond motifs is 1. The number of halogens is 3. The predicted molar refractivity (Wildman–Crippen MR) is 95.5 cm³/mol. The van der Waals surface area contributed by atoms with Crippen LogP contribution in [0, 0.1) is 5.92 Å². The quantitative estimate of drug-likeness (QED) is 0.647. The van der Waals surface area contributed by atoms with Crippen LogP contribution in [0.25, 0.3) is 0 Å². The Labute approximate surface area is 162 Å². The summed E-state index contributed by atoms with van der Waals surface area (Å²) in [4.78, 5) is 27.8. The zero-order valence-corrected chi connectivity index (χ0v) is 16.4. The second-order valence-electron chi connectivity index (χ2n) is 7.56. The lowest BCUT2D eigenvalue weighted by atomic mass is 9.83. The van der Waals surface area contributed by atoms with Crippen LogP contribution >= 0.6 is 0 Å². The molecule has 0 spiro atoms. The van der Waals surface area contributed by atoms with E-state index in [-0.39, 0.29) is 12.4 Å². The van der Waals surface area contributed by atoms with E-state index in [1.54, 1.807) is 6.92 Å². The molecule has 0 aliphatic heterocycles. The first-order valence-electron chi connectivity index (χ1n) is 9.42. The first-order valence-corrected chi connectivity index (χ1v) is 9.42. The smallest absolute Gasteiger partial charge is 0.427 e. The molecule has 1 atom stereocenters. The van der Waals surface area contributed by atoms with Crippen LogP contribution in [-0.2, 0) is 38.3 Å². The van der Waals surface area contributed by atoms with Crippen LogP contribution in [0.3, 0.4) is 0 Å². The fraction of sp³-hybridized carbons (Fsp3) is 0.650.